The molecule has 0 bridgehead atoms. The van der Waals surface area contributed by atoms with Crippen molar-refractivity contribution >= 4 is 11.8 Å². The molecule has 2 N–H and O–H groups in total. The van der Waals surface area contributed by atoms with Crippen molar-refractivity contribution in [2.45, 2.75) is 53.0 Å². The number of nitrogens with one attached hydrogen (secondary N) is 2. The lowest BCUT2D eigenvalue weighted by molar-refractivity contribution is -0.122. The normalized spacial score (nSPS) is 15.2. The second-order valence-corrected chi connectivity index (χ2v) is 8.33. The summed E-state index contributed by atoms with van der Waals surface area (Å²) in [6.45, 7) is 11.0. The van der Waals surface area contributed by atoms with Gasteiger partial charge in [-0.2, -0.15) is 0 Å². The molecule has 1 aromatic heterocycles. The van der Waals surface area contributed by atoms with Crippen molar-refractivity contribution in [2.75, 3.05) is 26.2 Å². The van der Waals surface area contributed by atoms with E-state index in [9.17, 15) is 9.59 Å². The van der Waals surface area contributed by atoms with Crippen molar-refractivity contribution in [3.63, 3.8) is 0 Å². The van der Waals surface area contributed by atoms with Gasteiger partial charge in [-0.25, -0.2) is 0 Å². The van der Waals surface area contributed by atoms with Gasteiger partial charge in [0.15, 0.2) is 0 Å². The number of nitrogens with zero attached hydrogens (tertiary/aromatic N) is 2. The Hall–Kier alpha value is -2.60. The highest BCUT2D eigenvalue weighted by Crippen LogP contribution is 2.22. The molecule has 0 spiro atoms. The number of benzene rings is 1. The van der Waals surface area contributed by atoms with Crippen LogP contribution in [0.25, 0.3) is 5.69 Å². The van der Waals surface area contributed by atoms with E-state index in [0.717, 1.165) is 61.5 Å². The molecule has 1 aliphatic rings. The lowest BCUT2D eigenvalue weighted by Gasteiger charge is -2.31. The number of aromatic nitrogens is 1. The van der Waals surface area contributed by atoms with Crippen LogP contribution in [0, 0.1) is 20.8 Å². The molecular formula is C24H34N4O2. The summed E-state index contributed by atoms with van der Waals surface area (Å²) in [7, 11) is 0. The summed E-state index contributed by atoms with van der Waals surface area (Å²) < 4.78 is 2.14. The Labute approximate surface area is 179 Å². The van der Waals surface area contributed by atoms with Crippen molar-refractivity contribution in [3.8, 4) is 5.69 Å². The molecule has 30 heavy (non-hydrogen) atoms. The van der Waals surface area contributed by atoms with E-state index in [1.165, 1.54) is 5.56 Å². The fourth-order valence-corrected chi connectivity index (χ4v) is 4.18. The fraction of sp³-hybridized carbons (Fsp3) is 0.500. The zero-order valence-corrected chi connectivity index (χ0v) is 18.6. The number of rotatable bonds is 7. The minimum absolute atomic E-state index is 0.0128. The summed E-state index contributed by atoms with van der Waals surface area (Å²) in [6.07, 6.45) is 2.68. The van der Waals surface area contributed by atoms with Crippen LogP contribution in [0.4, 0.5) is 0 Å². The van der Waals surface area contributed by atoms with Gasteiger partial charge in [-0.1, -0.05) is 19.1 Å². The van der Waals surface area contributed by atoms with E-state index in [-0.39, 0.29) is 17.9 Å². The number of aryl methyl sites for hydroxylation is 2. The van der Waals surface area contributed by atoms with E-state index in [4.69, 9.17) is 0 Å². The zero-order chi connectivity index (χ0) is 21.7. The first kappa shape index (κ1) is 22.1. The molecule has 0 atom stereocenters. The number of likely N-dealkylation sites (tertiary alicyclic amines) is 1. The smallest absolute Gasteiger partial charge is 0.253 e. The van der Waals surface area contributed by atoms with E-state index in [1.807, 2.05) is 32.9 Å². The highest BCUT2D eigenvalue weighted by Gasteiger charge is 2.24. The highest BCUT2D eigenvalue weighted by molar-refractivity contribution is 5.96. The lowest BCUT2D eigenvalue weighted by Crippen LogP contribution is -2.47. The Kier molecular flexibility index (Phi) is 7.32. The maximum atomic E-state index is 13.0. The van der Waals surface area contributed by atoms with Gasteiger partial charge in [-0.15, -0.1) is 0 Å². The predicted molar refractivity (Wildman–Crippen MR) is 120 cm³/mol. The van der Waals surface area contributed by atoms with Crippen LogP contribution < -0.4 is 10.6 Å². The Morgan fingerprint density at radius 1 is 1.10 bits per heavy atom. The number of piperidine rings is 1. The van der Waals surface area contributed by atoms with Gasteiger partial charge in [0, 0.05) is 42.8 Å². The van der Waals surface area contributed by atoms with Crippen molar-refractivity contribution in [2.24, 2.45) is 0 Å². The molecule has 6 nitrogen and oxygen atoms in total. The SMILES string of the molecule is CCCNC(=O)CN1CCC(NC(=O)c2cc(C)n(-c3cccc(C)c3)c2C)CC1. The molecule has 6 heteroatoms. The minimum atomic E-state index is -0.0128. The van der Waals surface area contributed by atoms with Crippen LogP contribution >= 0.6 is 0 Å². The highest BCUT2D eigenvalue weighted by atomic mass is 16.2. The van der Waals surface area contributed by atoms with Crippen LogP contribution in [0.15, 0.2) is 30.3 Å². The first-order valence-corrected chi connectivity index (χ1v) is 10.9. The first-order valence-electron chi connectivity index (χ1n) is 10.9. The Bertz CT molecular complexity index is 895. The monoisotopic (exact) mass is 410 g/mol. The van der Waals surface area contributed by atoms with Gasteiger partial charge in [0.25, 0.3) is 5.91 Å². The number of carbonyl (C=O) groups excluding carboxylic acids is 2. The van der Waals surface area contributed by atoms with E-state index in [0.29, 0.717) is 6.54 Å². The molecule has 1 fully saturated rings. The number of carbonyl (C=O) groups is 2. The average Bonchev–Trinajstić information content (AvgIpc) is 3.02. The summed E-state index contributed by atoms with van der Waals surface area (Å²) in [6, 6.07) is 10.4. The standard InChI is InChI=1S/C24H34N4O2/c1-5-11-25-23(29)16-27-12-9-20(10-13-27)26-24(30)22-15-18(3)28(19(22)4)21-8-6-7-17(2)14-21/h6-8,14-15,20H,5,9-13,16H2,1-4H3,(H,25,29)(H,26,30). The summed E-state index contributed by atoms with van der Waals surface area (Å²) in [4.78, 5) is 27.0. The molecule has 0 unspecified atom stereocenters. The molecule has 1 saturated heterocycles. The third-order valence-electron chi connectivity index (χ3n) is 5.80. The van der Waals surface area contributed by atoms with E-state index < -0.39 is 0 Å². The molecule has 1 aromatic carbocycles. The topological polar surface area (TPSA) is 66.4 Å². The maximum absolute atomic E-state index is 13.0. The first-order chi connectivity index (χ1) is 14.4. The van der Waals surface area contributed by atoms with Crippen LogP contribution in [0.1, 0.15) is 53.5 Å². The van der Waals surface area contributed by atoms with Crippen molar-refractivity contribution in [3.05, 3.63) is 52.8 Å². The Balaban J connectivity index is 1.59. The Morgan fingerprint density at radius 2 is 1.83 bits per heavy atom. The molecule has 2 aromatic rings. The van der Waals surface area contributed by atoms with Crippen molar-refractivity contribution < 1.29 is 9.59 Å². The molecule has 2 heterocycles. The molecule has 1 aliphatic heterocycles. The predicted octanol–water partition coefficient (Wildman–Crippen LogP) is 3.12. The summed E-state index contributed by atoms with van der Waals surface area (Å²) in [5, 5.41) is 6.13. The largest absolute Gasteiger partial charge is 0.355 e. The van der Waals surface area contributed by atoms with Crippen molar-refractivity contribution in [1.29, 1.82) is 0 Å². The third-order valence-corrected chi connectivity index (χ3v) is 5.80. The van der Waals surface area contributed by atoms with Crippen molar-refractivity contribution in [1.82, 2.24) is 20.1 Å². The molecular weight excluding hydrogens is 376 g/mol. The van der Waals surface area contributed by atoms with Gasteiger partial charge >= 0.3 is 0 Å². The molecule has 0 aliphatic carbocycles. The summed E-state index contributed by atoms with van der Waals surface area (Å²) >= 11 is 0. The van der Waals surface area contributed by atoms with Crippen LogP contribution in [-0.2, 0) is 4.79 Å². The van der Waals surface area contributed by atoms with Gasteiger partial charge in [0.1, 0.15) is 0 Å². The van der Waals surface area contributed by atoms with Crippen LogP contribution in [0.3, 0.4) is 0 Å². The van der Waals surface area contributed by atoms with E-state index >= 15 is 0 Å². The van der Waals surface area contributed by atoms with Gasteiger partial charge in [-0.05, 0) is 63.8 Å². The second kappa shape index (κ2) is 9.94. The van der Waals surface area contributed by atoms with Gasteiger partial charge in [-0.3, -0.25) is 14.5 Å². The van der Waals surface area contributed by atoms with E-state index in [2.05, 4.69) is 45.2 Å². The number of hydrogen-bond donors (Lipinski definition) is 2. The van der Waals surface area contributed by atoms with Gasteiger partial charge < -0.3 is 15.2 Å². The molecule has 162 valence electrons. The second-order valence-electron chi connectivity index (χ2n) is 8.33. The quantitative estimate of drug-likeness (QED) is 0.737. The summed E-state index contributed by atoms with van der Waals surface area (Å²) in [5.74, 6) is 0.0732. The Morgan fingerprint density at radius 3 is 2.50 bits per heavy atom. The fourth-order valence-electron chi connectivity index (χ4n) is 4.18. The lowest BCUT2D eigenvalue weighted by atomic mass is 10.0. The maximum Gasteiger partial charge on any atom is 0.253 e. The zero-order valence-electron chi connectivity index (χ0n) is 18.6. The third kappa shape index (κ3) is 5.30. The molecule has 2 amide bonds. The summed E-state index contributed by atoms with van der Waals surface area (Å²) in [5.41, 5.74) is 5.02. The van der Waals surface area contributed by atoms with Gasteiger partial charge in [0.2, 0.25) is 5.91 Å². The molecule has 0 radical (unpaired) electrons. The van der Waals surface area contributed by atoms with Gasteiger partial charge in [0.05, 0.1) is 12.1 Å². The minimum Gasteiger partial charge on any atom is -0.355 e. The number of amides is 2. The number of hydrogen-bond acceptors (Lipinski definition) is 3. The molecule has 3 rings (SSSR count). The van der Waals surface area contributed by atoms with Crippen LogP contribution in [0.2, 0.25) is 0 Å². The van der Waals surface area contributed by atoms with Crippen LogP contribution in [0.5, 0.6) is 0 Å². The van der Waals surface area contributed by atoms with Crippen LogP contribution in [-0.4, -0.2) is 53.5 Å². The van der Waals surface area contributed by atoms with E-state index in [1.54, 1.807) is 0 Å². The molecule has 0 saturated carbocycles. The average molecular weight is 411 g/mol.